The lowest BCUT2D eigenvalue weighted by atomic mass is 9.60. The first kappa shape index (κ1) is 29.3. The van der Waals surface area contributed by atoms with Crippen LogP contribution in [0.4, 0.5) is 0 Å². The van der Waals surface area contributed by atoms with Crippen LogP contribution < -0.4 is 20.1 Å². The Balaban J connectivity index is 1.63. The number of carbonyl (C=O) groups is 3. The summed E-state index contributed by atoms with van der Waals surface area (Å²) in [5.41, 5.74) is 0.745. The van der Waals surface area contributed by atoms with Crippen molar-refractivity contribution < 1.29 is 34.1 Å². The first-order valence-electron chi connectivity index (χ1n) is 13.7. The molecule has 0 saturated heterocycles. The van der Waals surface area contributed by atoms with Gasteiger partial charge in [-0.05, 0) is 51.2 Å². The Labute approximate surface area is 249 Å². The molecule has 42 heavy (non-hydrogen) atoms. The van der Waals surface area contributed by atoms with Crippen molar-refractivity contribution in [3.05, 3.63) is 76.1 Å². The molecule has 220 valence electrons. The van der Waals surface area contributed by atoms with Crippen molar-refractivity contribution in [2.75, 3.05) is 14.2 Å². The monoisotopic (exact) mass is 590 g/mol. The number of methoxy groups -OCH3 is 2. The van der Waals surface area contributed by atoms with Crippen molar-refractivity contribution in [3.8, 4) is 11.5 Å². The molecule has 1 saturated carbocycles. The van der Waals surface area contributed by atoms with Crippen LogP contribution in [0.1, 0.15) is 43.9 Å². The first-order valence-corrected chi connectivity index (χ1v) is 14.2. The van der Waals surface area contributed by atoms with Gasteiger partial charge in [0, 0.05) is 28.7 Å². The van der Waals surface area contributed by atoms with Crippen LogP contribution in [0.2, 0.25) is 0 Å². The Bertz CT molecular complexity index is 1550. The van der Waals surface area contributed by atoms with Gasteiger partial charge in [-0.3, -0.25) is 14.4 Å². The van der Waals surface area contributed by atoms with Crippen molar-refractivity contribution in [3.63, 3.8) is 0 Å². The number of rotatable bonds is 5. The van der Waals surface area contributed by atoms with Crippen molar-refractivity contribution >= 4 is 40.4 Å². The van der Waals surface area contributed by atoms with Gasteiger partial charge in [0.2, 0.25) is 0 Å². The van der Waals surface area contributed by atoms with E-state index < -0.39 is 58.1 Å². The maximum Gasteiger partial charge on any atom is 0.258 e. The smallest absolute Gasteiger partial charge is 0.258 e. The molecule has 0 radical (unpaired) electrons. The molecule has 1 amide bonds. The van der Waals surface area contributed by atoms with E-state index in [2.05, 4.69) is 10.6 Å². The van der Waals surface area contributed by atoms with Gasteiger partial charge >= 0.3 is 0 Å². The van der Waals surface area contributed by atoms with E-state index in [1.807, 2.05) is 18.2 Å². The molecule has 4 N–H and O–H groups in total. The lowest BCUT2D eigenvalue weighted by Crippen LogP contribution is -2.58. The molecule has 9 nitrogen and oxygen atoms in total. The minimum Gasteiger partial charge on any atom is -0.511 e. The average molecular weight is 591 g/mol. The molecule has 0 bridgehead atoms. The SMILES string of the molecule is COc1cc2c(c(OC)c1)C(O)=C1C(=O)[C@@H]3C(O)=C(C(=O)NC(C)(C)C)C(=O)[C@H](NC(=S)c4ccccc4)[C@H]3C[C@@H]1C2. The normalized spacial score (nSPS) is 23.5. The number of ketones is 2. The van der Waals surface area contributed by atoms with Crippen molar-refractivity contribution in [2.45, 2.75) is 45.2 Å². The molecule has 2 aromatic rings. The highest BCUT2D eigenvalue weighted by Gasteiger charge is 2.55. The number of nitrogens with one attached hydrogen (secondary N) is 2. The third-order valence-corrected chi connectivity index (χ3v) is 8.41. The number of amides is 1. The summed E-state index contributed by atoms with van der Waals surface area (Å²) in [6, 6.07) is 11.4. The highest BCUT2D eigenvalue weighted by atomic mass is 32.1. The van der Waals surface area contributed by atoms with Gasteiger partial charge in [0.05, 0.1) is 31.7 Å². The molecular formula is C32H34N2O7S. The van der Waals surface area contributed by atoms with Crippen LogP contribution in [-0.2, 0) is 20.8 Å². The molecule has 0 aliphatic heterocycles. The second-order valence-electron chi connectivity index (χ2n) is 11.9. The fourth-order valence-electron chi connectivity index (χ4n) is 6.30. The number of hydrogen-bond donors (Lipinski definition) is 4. The Morgan fingerprint density at radius 3 is 2.33 bits per heavy atom. The summed E-state index contributed by atoms with van der Waals surface area (Å²) < 4.78 is 10.9. The largest absolute Gasteiger partial charge is 0.511 e. The van der Waals surface area contributed by atoms with E-state index in [0.717, 1.165) is 5.56 Å². The summed E-state index contributed by atoms with van der Waals surface area (Å²) in [5.74, 6) is -4.33. The fraction of sp³-hybridized carbons (Fsp3) is 0.375. The van der Waals surface area contributed by atoms with E-state index in [-0.39, 0.29) is 22.7 Å². The molecule has 2 aromatic carbocycles. The highest BCUT2D eigenvalue weighted by molar-refractivity contribution is 7.80. The Morgan fingerprint density at radius 2 is 1.71 bits per heavy atom. The zero-order valence-corrected chi connectivity index (χ0v) is 24.9. The van der Waals surface area contributed by atoms with Crippen LogP contribution in [0, 0.1) is 17.8 Å². The lowest BCUT2D eigenvalue weighted by molar-refractivity contribution is -0.130. The fourth-order valence-corrected chi connectivity index (χ4v) is 6.56. The number of carbonyl (C=O) groups excluding carboxylic acids is 3. The maximum absolute atomic E-state index is 14.2. The van der Waals surface area contributed by atoms with E-state index in [0.29, 0.717) is 29.0 Å². The van der Waals surface area contributed by atoms with Gasteiger partial charge in [-0.25, -0.2) is 0 Å². The van der Waals surface area contributed by atoms with Crippen LogP contribution in [0.25, 0.3) is 5.76 Å². The molecule has 0 spiro atoms. The number of benzene rings is 2. The molecule has 1 fully saturated rings. The molecular weight excluding hydrogens is 556 g/mol. The van der Waals surface area contributed by atoms with Crippen LogP contribution in [0.3, 0.4) is 0 Å². The van der Waals surface area contributed by atoms with Gasteiger partial charge in [-0.1, -0.05) is 42.5 Å². The first-order chi connectivity index (χ1) is 19.9. The molecule has 5 rings (SSSR count). The maximum atomic E-state index is 14.2. The third kappa shape index (κ3) is 5.04. The Kier molecular flexibility index (Phi) is 7.61. The van der Waals surface area contributed by atoms with Gasteiger partial charge in [0.25, 0.3) is 5.91 Å². The molecule has 0 aromatic heterocycles. The summed E-state index contributed by atoms with van der Waals surface area (Å²) >= 11 is 5.64. The topological polar surface area (TPSA) is 134 Å². The van der Waals surface area contributed by atoms with Crippen molar-refractivity contribution in [2.24, 2.45) is 17.8 Å². The van der Waals surface area contributed by atoms with Crippen molar-refractivity contribution in [1.29, 1.82) is 0 Å². The van der Waals surface area contributed by atoms with Crippen LogP contribution in [-0.4, -0.2) is 58.5 Å². The number of fused-ring (bicyclic) bond motifs is 3. The zero-order chi connectivity index (χ0) is 30.5. The highest BCUT2D eigenvalue weighted by Crippen LogP contribution is 2.51. The second-order valence-corrected chi connectivity index (χ2v) is 12.3. The van der Waals surface area contributed by atoms with Gasteiger partial charge in [0.15, 0.2) is 11.6 Å². The minimum atomic E-state index is -1.24. The molecule has 3 aliphatic carbocycles. The number of aliphatic hydroxyl groups excluding tert-OH is 2. The van der Waals surface area contributed by atoms with Gasteiger partial charge in [-0.2, -0.15) is 0 Å². The van der Waals surface area contributed by atoms with E-state index in [1.54, 1.807) is 45.0 Å². The number of Topliss-reactive ketones (excluding diaryl/α,β-unsaturated/α-hetero) is 2. The second kappa shape index (κ2) is 10.9. The Hall–Kier alpha value is -4.18. The number of thiocarbonyl (C=S) groups is 1. The van der Waals surface area contributed by atoms with Crippen LogP contribution in [0.15, 0.2) is 59.4 Å². The molecule has 0 heterocycles. The van der Waals surface area contributed by atoms with Crippen LogP contribution >= 0.6 is 12.2 Å². The quantitative estimate of drug-likeness (QED) is 0.301. The number of hydrogen-bond acceptors (Lipinski definition) is 8. The lowest BCUT2D eigenvalue weighted by Gasteiger charge is -2.45. The standard InChI is InChI=1S/C32H34N2O7S/c1-32(2,3)34-30(39)24-28(37)23-19(25(29(24)38)33-31(42)15-9-7-6-8-10-15)13-17-11-16-12-18(40-4)14-20(41-5)21(16)26(35)22(17)27(23)36/h6-10,12,14,17,19,23,25,35,37H,11,13H2,1-5H3,(H,33,42)(H,34,39)/t17-,19-,23+,25+/m0/s1. The van der Waals surface area contributed by atoms with Gasteiger partial charge < -0.3 is 30.3 Å². The molecule has 0 unspecified atom stereocenters. The van der Waals surface area contributed by atoms with Gasteiger partial charge in [0.1, 0.15) is 33.6 Å². The molecule has 3 aliphatic rings. The van der Waals surface area contributed by atoms with Gasteiger partial charge in [-0.15, -0.1) is 0 Å². The molecule has 4 atom stereocenters. The zero-order valence-electron chi connectivity index (χ0n) is 24.1. The predicted molar refractivity (Wildman–Crippen MR) is 161 cm³/mol. The average Bonchev–Trinajstić information content (AvgIpc) is 2.93. The minimum absolute atomic E-state index is 0.146. The predicted octanol–water partition coefficient (Wildman–Crippen LogP) is 3.99. The van der Waals surface area contributed by atoms with Crippen molar-refractivity contribution in [1.82, 2.24) is 10.6 Å². The summed E-state index contributed by atoms with van der Waals surface area (Å²) in [6.07, 6.45) is 0.650. The summed E-state index contributed by atoms with van der Waals surface area (Å²) in [6.45, 7) is 5.25. The van der Waals surface area contributed by atoms with E-state index >= 15 is 0 Å². The summed E-state index contributed by atoms with van der Waals surface area (Å²) in [5, 5.41) is 28.8. The number of allylic oxidation sites excluding steroid dienone is 2. The van der Waals surface area contributed by atoms with E-state index in [1.165, 1.54) is 14.2 Å². The molecule has 10 heteroatoms. The number of aliphatic hydroxyl groups is 2. The summed E-state index contributed by atoms with van der Waals surface area (Å²) in [4.78, 5) is 41.8. The number of ether oxygens (including phenoxy) is 2. The van der Waals surface area contributed by atoms with E-state index in [4.69, 9.17) is 21.7 Å². The summed E-state index contributed by atoms with van der Waals surface area (Å²) in [7, 11) is 2.99. The Morgan fingerprint density at radius 1 is 1.02 bits per heavy atom. The van der Waals surface area contributed by atoms with Crippen LogP contribution in [0.5, 0.6) is 11.5 Å². The third-order valence-electron chi connectivity index (χ3n) is 8.06. The van der Waals surface area contributed by atoms with E-state index in [9.17, 15) is 24.6 Å².